The van der Waals surface area contributed by atoms with Crippen molar-refractivity contribution in [1.82, 2.24) is 34.6 Å². The molecule has 5 rings (SSSR count). The van der Waals surface area contributed by atoms with Crippen molar-refractivity contribution in [3.63, 3.8) is 0 Å². The maximum absolute atomic E-state index is 12.9. The van der Waals surface area contributed by atoms with Gasteiger partial charge in [0.1, 0.15) is 11.4 Å². The van der Waals surface area contributed by atoms with Crippen molar-refractivity contribution in [1.29, 1.82) is 0 Å². The molecule has 4 heterocycles. The first-order valence-electron chi connectivity index (χ1n) is 10.4. The van der Waals surface area contributed by atoms with Crippen LogP contribution in [-0.4, -0.2) is 35.2 Å². The molecule has 8 heteroatoms. The summed E-state index contributed by atoms with van der Waals surface area (Å²) in [6.45, 7) is 1.29. The third-order valence-corrected chi connectivity index (χ3v) is 5.49. The van der Waals surface area contributed by atoms with Crippen LogP contribution in [0.1, 0.15) is 28.9 Å². The average molecular weight is 413 g/mol. The number of hydrogen-bond acceptors (Lipinski definition) is 5. The van der Waals surface area contributed by atoms with E-state index in [9.17, 15) is 4.79 Å². The van der Waals surface area contributed by atoms with E-state index in [4.69, 9.17) is 0 Å². The van der Waals surface area contributed by atoms with Gasteiger partial charge in [-0.05, 0) is 42.5 Å². The van der Waals surface area contributed by atoms with Gasteiger partial charge in [-0.25, -0.2) is 9.97 Å². The van der Waals surface area contributed by atoms with Gasteiger partial charge in [-0.1, -0.05) is 6.07 Å². The maximum atomic E-state index is 12.9. The molecular formula is C23H23N7O. The second kappa shape index (κ2) is 8.14. The van der Waals surface area contributed by atoms with E-state index in [0.29, 0.717) is 24.0 Å². The fourth-order valence-electron chi connectivity index (χ4n) is 3.57. The smallest absolute Gasteiger partial charge is 0.268 e. The van der Waals surface area contributed by atoms with Crippen LogP contribution in [0, 0.1) is 5.92 Å². The fraction of sp³-hybridized carbons (Fsp3) is 0.261. The van der Waals surface area contributed by atoms with E-state index in [2.05, 4.69) is 29.9 Å². The predicted molar refractivity (Wildman–Crippen MR) is 116 cm³/mol. The number of hydrogen-bond donors (Lipinski definition) is 1. The van der Waals surface area contributed by atoms with Crippen molar-refractivity contribution < 1.29 is 4.79 Å². The monoisotopic (exact) mass is 413 g/mol. The Morgan fingerprint density at radius 1 is 1.13 bits per heavy atom. The molecule has 8 nitrogen and oxygen atoms in total. The number of carbonyl (C=O) groups is 1. The van der Waals surface area contributed by atoms with E-state index < -0.39 is 0 Å². The van der Waals surface area contributed by atoms with E-state index >= 15 is 0 Å². The van der Waals surface area contributed by atoms with Crippen molar-refractivity contribution in [3.8, 4) is 22.6 Å². The summed E-state index contributed by atoms with van der Waals surface area (Å²) >= 11 is 0. The minimum absolute atomic E-state index is 0.0943. The summed E-state index contributed by atoms with van der Waals surface area (Å²) in [4.78, 5) is 26.0. The first-order chi connectivity index (χ1) is 15.2. The third-order valence-electron chi connectivity index (χ3n) is 5.49. The molecule has 0 atom stereocenters. The van der Waals surface area contributed by atoms with E-state index in [0.717, 1.165) is 28.9 Å². The van der Waals surface area contributed by atoms with Crippen LogP contribution in [0.15, 0.2) is 61.4 Å². The maximum Gasteiger partial charge on any atom is 0.268 e. The number of nitrogens with one attached hydrogen (secondary N) is 1. The molecule has 1 aliphatic carbocycles. The van der Waals surface area contributed by atoms with Crippen LogP contribution in [0.4, 0.5) is 0 Å². The molecule has 0 aliphatic heterocycles. The van der Waals surface area contributed by atoms with Gasteiger partial charge in [-0.3, -0.25) is 14.5 Å². The molecule has 0 bridgehead atoms. The van der Waals surface area contributed by atoms with Crippen molar-refractivity contribution in [2.45, 2.75) is 25.9 Å². The van der Waals surface area contributed by atoms with Gasteiger partial charge in [0.25, 0.3) is 5.91 Å². The molecule has 4 aromatic rings. The number of aromatic nitrogens is 6. The summed E-state index contributed by atoms with van der Waals surface area (Å²) in [6, 6.07) is 7.61. The lowest BCUT2D eigenvalue weighted by atomic mass is 10.2. The number of nitrogens with zero attached hydrogens (tertiary/aromatic N) is 6. The number of pyridine rings is 1. The van der Waals surface area contributed by atoms with Gasteiger partial charge in [-0.15, -0.1) is 0 Å². The fourth-order valence-corrected chi connectivity index (χ4v) is 3.57. The van der Waals surface area contributed by atoms with Crippen LogP contribution in [0.3, 0.4) is 0 Å². The molecule has 156 valence electrons. The molecule has 1 N–H and O–H groups in total. The summed E-state index contributed by atoms with van der Waals surface area (Å²) in [6.07, 6.45) is 13.3. The zero-order chi connectivity index (χ0) is 21.2. The van der Waals surface area contributed by atoms with Gasteiger partial charge in [0, 0.05) is 68.4 Å². The van der Waals surface area contributed by atoms with Gasteiger partial charge >= 0.3 is 0 Å². The number of amides is 1. The molecule has 1 aliphatic rings. The molecule has 1 fully saturated rings. The number of aryl methyl sites for hydroxylation is 1. The Kier molecular flexibility index (Phi) is 5.03. The summed E-state index contributed by atoms with van der Waals surface area (Å²) in [5.41, 5.74) is 4.29. The van der Waals surface area contributed by atoms with Gasteiger partial charge in [0.2, 0.25) is 0 Å². The minimum Gasteiger partial charge on any atom is -0.347 e. The summed E-state index contributed by atoms with van der Waals surface area (Å²) in [5, 5.41) is 7.17. The van der Waals surface area contributed by atoms with Crippen LogP contribution in [-0.2, 0) is 20.1 Å². The predicted octanol–water partition coefficient (Wildman–Crippen LogP) is 3.08. The van der Waals surface area contributed by atoms with Crippen molar-refractivity contribution in [2.24, 2.45) is 13.0 Å². The summed E-state index contributed by atoms with van der Waals surface area (Å²) in [7, 11) is 1.86. The molecule has 0 unspecified atom stereocenters. The lowest BCUT2D eigenvalue weighted by molar-refractivity contribution is 0.0941. The van der Waals surface area contributed by atoms with E-state index in [1.54, 1.807) is 35.7 Å². The van der Waals surface area contributed by atoms with E-state index in [1.165, 1.54) is 12.8 Å². The quantitative estimate of drug-likeness (QED) is 0.503. The molecule has 0 aromatic carbocycles. The zero-order valence-electron chi connectivity index (χ0n) is 17.3. The Bertz CT molecular complexity index is 1190. The van der Waals surface area contributed by atoms with Crippen LogP contribution >= 0.6 is 0 Å². The largest absolute Gasteiger partial charge is 0.347 e. The Labute approximate surface area is 180 Å². The first-order valence-corrected chi connectivity index (χ1v) is 10.4. The standard InChI is InChI=1S/C23H23N7O/c1-29-20(6-8-28-29)22-25-12-19(13-26-22)18-9-21(30(15-18)14-16-4-5-16)23(31)27-11-17-3-2-7-24-10-17/h2-3,6-10,12-13,15-16H,4-5,11,14H2,1H3,(H,27,31). The highest BCUT2D eigenvalue weighted by Crippen LogP contribution is 2.32. The second-order valence-corrected chi connectivity index (χ2v) is 7.89. The van der Waals surface area contributed by atoms with Crippen molar-refractivity contribution >= 4 is 5.91 Å². The molecule has 0 radical (unpaired) electrons. The highest BCUT2D eigenvalue weighted by atomic mass is 16.1. The van der Waals surface area contributed by atoms with Gasteiger partial charge in [-0.2, -0.15) is 5.10 Å². The number of carbonyl (C=O) groups excluding carboxylic acids is 1. The molecule has 0 spiro atoms. The topological polar surface area (TPSA) is 90.5 Å². The highest BCUT2D eigenvalue weighted by Gasteiger charge is 2.24. The second-order valence-electron chi connectivity index (χ2n) is 7.89. The average Bonchev–Trinajstić information content (AvgIpc) is 3.35. The lowest BCUT2D eigenvalue weighted by Gasteiger charge is -2.09. The lowest BCUT2D eigenvalue weighted by Crippen LogP contribution is -2.25. The molecule has 4 aromatic heterocycles. The Balaban J connectivity index is 1.38. The Morgan fingerprint density at radius 2 is 1.97 bits per heavy atom. The number of rotatable bonds is 7. The molecule has 0 saturated heterocycles. The van der Waals surface area contributed by atoms with Crippen LogP contribution < -0.4 is 5.32 Å². The van der Waals surface area contributed by atoms with Crippen LogP contribution in [0.25, 0.3) is 22.6 Å². The minimum atomic E-state index is -0.0943. The summed E-state index contributed by atoms with van der Waals surface area (Å²) < 4.78 is 3.80. The highest BCUT2D eigenvalue weighted by molar-refractivity contribution is 5.94. The van der Waals surface area contributed by atoms with E-state index in [-0.39, 0.29) is 5.91 Å². The van der Waals surface area contributed by atoms with Gasteiger partial charge in [0.05, 0.1) is 0 Å². The molecule has 1 amide bonds. The van der Waals surface area contributed by atoms with E-state index in [1.807, 2.05) is 37.5 Å². The summed E-state index contributed by atoms with van der Waals surface area (Å²) in [5.74, 6) is 1.17. The van der Waals surface area contributed by atoms with Crippen molar-refractivity contribution in [3.05, 3.63) is 72.7 Å². The molecule has 1 saturated carbocycles. The normalized spacial score (nSPS) is 13.3. The molecular weight excluding hydrogens is 390 g/mol. The zero-order valence-corrected chi connectivity index (χ0v) is 17.3. The first kappa shape index (κ1) is 19.2. The van der Waals surface area contributed by atoms with Crippen LogP contribution in [0.5, 0.6) is 0 Å². The Hall–Kier alpha value is -3.81. The van der Waals surface area contributed by atoms with Gasteiger partial charge in [0.15, 0.2) is 5.82 Å². The van der Waals surface area contributed by atoms with Crippen LogP contribution in [0.2, 0.25) is 0 Å². The van der Waals surface area contributed by atoms with Gasteiger partial charge < -0.3 is 9.88 Å². The Morgan fingerprint density at radius 3 is 2.65 bits per heavy atom. The SMILES string of the molecule is Cn1nccc1-c1ncc(-c2cc(C(=O)NCc3cccnc3)n(CC3CC3)c2)cn1. The third kappa shape index (κ3) is 4.23. The molecule has 31 heavy (non-hydrogen) atoms. The van der Waals surface area contributed by atoms with Crippen molar-refractivity contribution in [2.75, 3.05) is 0 Å².